The summed E-state index contributed by atoms with van der Waals surface area (Å²) >= 11 is 5.78. The summed E-state index contributed by atoms with van der Waals surface area (Å²) in [6.07, 6.45) is 4.91. The first kappa shape index (κ1) is 26.5. The molecule has 5 heteroatoms. The molecular weight excluding hydrogens is 490 g/mol. The van der Waals surface area contributed by atoms with Crippen molar-refractivity contribution in [2.24, 2.45) is 11.8 Å². The van der Waals surface area contributed by atoms with Crippen molar-refractivity contribution in [1.82, 2.24) is 4.90 Å². The first-order valence-corrected chi connectivity index (χ1v) is 14.0. The second-order valence-corrected chi connectivity index (χ2v) is 10.7. The molecular formula is C33H37NO3S. The Hall–Kier alpha value is -3.15. The Morgan fingerprint density at radius 2 is 1.71 bits per heavy atom. The molecule has 3 aliphatic rings. The average molecular weight is 528 g/mol. The number of methoxy groups -OCH3 is 1. The zero-order chi connectivity index (χ0) is 26.5. The van der Waals surface area contributed by atoms with Crippen LogP contribution in [0.5, 0.6) is 11.5 Å². The van der Waals surface area contributed by atoms with Gasteiger partial charge in [-0.2, -0.15) is 0 Å². The van der Waals surface area contributed by atoms with Crippen LogP contribution in [-0.4, -0.2) is 42.5 Å². The smallest absolute Gasteiger partial charge is 0.358 e. The van der Waals surface area contributed by atoms with Crippen LogP contribution in [0.3, 0.4) is 0 Å². The maximum atomic E-state index is 6.86. The highest BCUT2D eigenvalue weighted by molar-refractivity contribution is 7.79. The molecule has 38 heavy (non-hydrogen) atoms. The van der Waals surface area contributed by atoms with E-state index in [1.807, 2.05) is 36.4 Å². The van der Waals surface area contributed by atoms with Crippen LogP contribution >= 0.6 is 12.2 Å². The Kier molecular flexibility index (Phi) is 8.15. The topological polar surface area (TPSA) is 30.9 Å². The maximum Gasteiger partial charge on any atom is 0.358 e. The van der Waals surface area contributed by atoms with Gasteiger partial charge in [-0.1, -0.05) is 73.7 Å². The van der Waals surface area contributed by atoms with Crippen LogP contribution in [0.2, 0.25) is 0 Å². The van der Waals surface area contributed by atoms with Crippen molar-refractivity contribution in [1.29, 1.82) is 0 Å². The Labute approximate surface area is 232 Å². The second-order valence-electron chi connectivity index (χ2n) is 10.4. The predicted octanol–water partition coefficient (Wildman–Crippen LogP) is 7.04. The van der Waals surface area contributed by atoms with E-state index >= 15 is 0 Å². The molecule has 0 aliphatic carbocycles. The number of ether oxygens (including phenoxy) is 3. The normalized spacial score (nSPS) is 24.6. The molecule has 6 rings (SSSR count). The highest BCUT2D eigenvalue weighted by atomic mass is 32.1. The van der Waals surface area contributed by atoms with Gasteiger partial charge in [0.25, 0.3) is 0 Å². The van der Waals surface area contributed by atoms with Crippen molar-refractivity contribution >= 4 is 17.5 Å². The quantitative estimate of drug-likeness (QED) is 0.220. The highest BCUT2D eigenvalue weighted by Gasteiger charge is 2.52. The van der Waals surface area contributed by atoms with Gasteiger partial charge in [-0.05, 0) is 73.0 Å². The predicted molar refractivity (Wildman–Crippen MR) is 157 cm³/mol. The van der Waals surface area contributed by atoms with E-state index in [9.17, 15) is 0 Å². The van der Waals surface area contributed by atoms with E-state index in [-0.39, 0.29) is 17.4 Å². The van der Waals surface area contributed by atoms with E-state index in [0.717, 1.165) is 37.2 Å². The minimum absolute atomic E-state index is 0.153. The fourth-order valence-electron chi connectivity index (χ4n) is 6.65. The third-order valence-corrected chi connectivity index (χ3v) is 8.77. The van der Waals surface area contributed by atoms with Gasteiger partial charge in [0.1, 0.15) is 17.6 Å². The van der Waals surface area contributed by atoms with Crippen LogP contribution in [0.15, 0.2) is 97.6 Å². The molecule has 0 N–H and O–H groups in total. The van der Waals surface area contributed by atoms with E-state index in [1.54, 1.807) is 7.11 Å². The Bertz CT molecular complexity index is 1230. The van der Waals surface area contributed by atoms with Gasteiger partial charge in [0.15, 0.2) is 0 Å². The lowest BCUT2D eigenvalue weighted by Gasteiger charge is -2.55. The molecule has 3 aliphatic heterocycles. The molecule has 4 nitrogen and oxygen atoms in total. The van der Waals surface area contributed by atoms with Crippen molar-refractivity contribution in [3.8, 4) is 11.5 Å². The number of benzene rings is 3. The van der Waals surface area contributed by atoms with Gasteiger partial charge in [0, 0.05) is 24.8 Å². The van der Waals surface area contributed by atoms with Crippen LogP contribution in [0.4, 0.5) is 0 Å². The van der Waals surface area contributed by atoms with Crippen LogP contribution in [0, 0.1) is 11.8 Å². The summed E-state index contributed by atoms with van der Waals surface area (Å²) in [5.74, 6) is 2.61. The molecule has 0 aromatic heterocycles. The van der Waals surface area contributed by atoms with Crippen LogP contribution in [0.1, 0.15) is 37.3 Å². The number of para-hydroxylation sites is 1. The van der Waals surface area contributed by atoms with E-state index in [1.165, 1.54) is 12.0 Å². The zero-order valence-corrected chi connectivity index (χ0v) is 23.1. The molecule has 0 amide bonds. The lowest BCUT2D eigenvalue weighted by atomic mass is 9.63. The lowest BCUT2D eigenvalue weighted by Crippen LogP contribution is -2.62. The summed E-state index contributed by atoms with van der Waals surface area (Å²) < 4.78 is 18.6. The molecule has 3 saturated heterocycles. The summed E-state index contributed by atoms with van der Waals surface area (Å²) in [6.45, 7) is 8.43. The molecule has 198 valence electrons. The van der Waals surface area contributed by atoms with Gasteiger partial charge in [-0.25, -0.2) is 0 Å². The summed E-state index contributed by atoms with van der Waals surface area (Å²) in [5.41, 5.74) is 1.87. The van der Waals surface area contributed by atoms with Gasteiger partial charge in [-0.3, -0.25) is 4.90 Å². The number of rotatable bonds is 9. The fraction of sp³-hybridized carbons (Fsp3) is 0.364. The third-order valence-electron chi connectivity index (χ3n) is 8.59. The molecule has 3 fully saturated rings. The molecule has 3 aromatic rings. The first-order valence-electron chi connectivity index (χ1n) is 13.6. The number of fused-ring (bicyclic) bond motifs is 3. The number of piperidine rings is 3. The van der Waals surface area contributed by atoms with Crippen LogP contribution in [0.25, 0.3) is 0 Å². The van der Waals surface area contributed by atoms with Gasteiger partial charge < -0.3 is 14.2 Å². The maximum absolute atomic E-state index is 6.86. The van der Waals surface area contributed by atoms with Crippen molar-refractivity contribution in [2.75, 3.05) is 20.2 Å². The summed E-state index contributed by atoms with van der Waals surface area (Å²) in [4.78, 5) is 2.59. The SMILES string of the molecule is C=CC1CN2CCC1C[C@H]2[C@H](OC(=S)Oc1ccccc1)[C@@](CC)(c1ccccc1)c1cccc(OC)c1. The number of thiocarbonyl (C=S) groups is 1. The molecule has 0 radical (unpaired) electrons. The van der Waals surface area contributed by atoms with Crippen molar-refractivity contribution in [3.63, 3.8) is 0 Å². The minimum atomic E-state index is -0.480. The Balaban J connectivity index is 1.62. The number of hydrogen-bond acceptors (Lipinski definition) is 5. The summed E-state index contributed by atoms with van der Waals surface area (Å²) in [6, 6.07) is 28.9. The average Bonchev–Trinajstić information content (AvgIpc) is 2.98. The molecule has 0 saturated carbocycles. The Morgan fingerprint density at radius 3 is 2.34 bits per heavy atom. The standard InChI is InChI=1S/C33H37NO3S/c1-4-24-23-34-20-19-25(24)21-30(34)31(37-32(38)36-28-16-10-7-11-17-28)33(5-2,26-13-8-6-9-14-26)27-15-12-18-29(22-27)35-3/h4,6-18,22,24-25,30-31H,1,5,19-21,23H2,2-3H3/t24?,25?,30-,31-,33-/m0/s1. The molecule has 6 atom stereocenters. The summed E-state index contributed by atoms with van der Waals surface area (Å²) in [5, 5.41) is 0.153. The van der Waals surface area contributed by atoms with E-state index in [2.05, 4.69) is 73.0 Å². The molecule has 0 spiro atoms. The van der Waals surface area contributed by atoms with E-state index < -0.39 is 5.41 Å². The van der Waals surface area contributed by atoms with Crippen molar-refractivity contribution in [3.05, 3.63) is 109 Å². The molecule has 2 bridgehead atoms. The van der Waals surface area contributed by atoms with Crippen LogP contribution < -0.4 is 9.47 Å². The Morgan fingerprint density at radius 1 is 1.03 bits per heavy atom. The van der Waals surface area contributed by atoms with Gasteiger partial charge in [-0.15, -0.1) is 6.58 Å². The van der Waals surface area contributed by atoms with E-state index in [4.69, 9.17) is 26.4 Å². The van der Waals surface area contributed by atoms with Gasteiger partial charge in [0.05, 0.1) is 12.5 Å². The van der Waals surface area contributed by atoms with E-state index in [0.29, 0.717) is 17.6 Å². The second kappa shape index (κ2) is 11.7. The molecule has 3 unspecified atom stereocenters. The number of hydrogen-bond donors (Lipinski definition) is 0. The monoisotopic (exact) mass is 527 g/mol. The first-order chi connectivity index (χ1) is 18.6. The number of nitrogens with zero attached hydrogens (tertiary/aromatic N) is 1. The minimum Gasteiger partial charge on any atom is -0.497 e. The van der Waals surface area contributed by atoms with Crippen molar-refractivity contribution < 1.29 is 14.2 Å². The summed E-state index contributed by atoms with van der Waals surface area (Å²) in [7, 11) is 1.72. The van der Waals surface area contributed by atoms with Crippen LogP contribution in [-0.2, 0) is 10.2 Å². The van der Waals surface area contributed by atoms with Gasteiger partial charge >= 0.3 is 5.24 Å². The fourth-order valence-corrected chi connectivity index (χ4v) is 6.85. The lowest BCUT2D eigenvalue weighted by molar-refractivity contribution is -0.0648. The molecule has 3 aromatic carbocycles. The zero-order valence-electron chi connectivity index (χ0n) is 22.3. The highest BCUT2D eigenvalue weighted by Crippen LogP contribution is 2.48. The van der Waals surface area contributed by atoms with Crippen molar-refractivity contribution in [2.45, 2.75) is 43.7 Å². The largest absolute Gasteiger partial charge is 0.497 e. The van der Waals surface area contributed by atoms with Gasteiger partial charge in [0.2, 0.25) is 0 Å². The third kappa shape index (κ3) is 5.10. The molecule has 3 heterocycles.